The average molecular weight is 483 g/mol. The predicted octanol–water partition coefficient (Wildman–Crippen LogP) is 3.56. The molecule has 2 aromatic rings. The summed E-state index contributed by atoms with van der Waals surface area (Å²) in [4.78, 5) is 12.5. The fraction of sp³-hybridized carbons (Fsp3) is 0.350. The summed E-state index contributed by atoms with van der Waals surface area (Å²) in [7, 11) is -2.58. The van der Waals surface area contributed by atoms with Crippen LogP contribution in [0.4, 0.5) is 5.69 Å². The van der Waals surface area contributed by atoms with Crippen LogP contribution in [0.3, 0.4) is 0 Å². The smallest absolute Gasteiger partial charge is 0.265 e. The minimum Gasteiger partial charge on any atom is -0.495 e. The number of hydrogen-bond donors (Lipinski definition) is 2. The summed E-state index contributed by atoms with van der Waals surface area (Å²) in [6.07, 6.45) is 1.83. The van der Waals surface area contributed by atoms with Crippen molar-refractivity contribution in [3.63, 3.8) is 0 Å². The maximum Gasteiger partial charge on any atom is 0.265 e. The van der Waals surface area contributed by atoms with Crippen LogP contribution in [0, 0.1) is 0 Å². The lowest BCUT2D eigenvalue weighted by molar-refractivity contribution is 0.0712. The standard InChI is InChI=1S/C20H23BrN2O5S/c1-13(17-4-3-11-28-17)22-20(24)14-5-10-18(27-2)19(12-14)29(25,26)23-16-8-6-15(21)7-9-16/h5-10,12-13,17,23H,3-4,11H2,1-2H3,(H,22,24)/t13-,17-/m1/s1. The van der Waals surface area contributed by atoms with Crippen LogP contribution in [0.15, 0.2) is 51.8 Å². The van der Waals surface area contributed by atoms with E-state index in [9.17, 15) is 13.2 Å². The number of halogens is 1. The van der Waals surface area contributed by atoms with E-state index in [1.807, 2.05) is 6.92 Å². The molecule has 1 heterocycles. The van der Waals surface area contributed by atoms with Crippen molar-refractivity contribution in [2.45, 2.75) is 36.8 Å². The van der Waals surface area contributed by atoms with Crippen LogP contribution in [0.1, 0.15) is 30.1 Å². The lowest BCUT2D eigenvalue weighted by Crippen LogP contribution is -2.40. The van der Waals surface area contributed by atoms with Crippen LogP contribution in [0.5, 0.6) is 5.75 Å². The summed E-state index contributed by atoms with van der Waals surface area (Å²) in [5.41, 5.74) is 0.629. The summed E-state index contributed by atoms with van der Waals surface area (Å²) in [6, 6.07) is 10.9. The lowest BCUT2D eigenvalue weighted by Gasteiger charge is -2.20. The Bertz CT molecular complexity index is 973. The number of methoxy groups -OCH3 is 1. The second-order valence-electron chi connectivity index (χ2n) is 6.79. The molecule has 1 fully saturated rings. The van der Waals surface area contributed by atoms with Gasteiger partial charge in [-0.15, -0.1) is 0 Å². The van der Waals surface area contributed by atoms with Gasteiger partial charge in [0.15, 0.2) is 0 Å². The Morgan fingerprint density at radius 1 is 1.24 bits per heavy atom. The normalized spacial score (nSPS) is 17.6. The van der Waals surface area contributed by atoms with Crippen molar-refractivity contribution < 1.29 is 22.7 Å². The fourth-order valence-corrected chi connectivity index (χ4v) is 4.65. The Morgan fingerprint density at radius 3 is 2.59 bits per heavy atom. The molecule has 156 valence electrons. The highest BCUT2D eigenvalue weighted by Gasteiger charge is 2.26. The third kappa shape index (κ3) is 5.29. The Hall–Kier alpha value is -2.10. The largest absolute Gasteiger partial charge is 0.495 e. The Morgan fingerprint density at radius 2 is 1.97 bits per heavy atom. The van der Waals surface area contributed by atoms with E-state index < -0.39 is 10.0 Å². The zero-order valence-electron chi connectivity index (χ0n) is 16.1. The first-order valence-corrected chi connectivity index (χ1v) is 11.5. The molecule has 29 heavy (non-hydrogen) atoms. The average Bonchev–Trinajstić information content (AvgIpc) is 3.24. The van der Waals surface area contributed by atoms with Gasteiger partial charge in [-0.1, -0.05) is 15.9 Å². The summed E-state index contributed by atoms with van der Waals surface area (Å²) in [6.45, 7) is 2.57. The van der Waals surface area contributed by atoms with E-state index in [-0.39, 0.29) is 34.3 Å². The number of ether oxygens (including phenoxy) is 2. The van der Waals surface area contributed by atoms with E-state index in [0.717, 1.165) is 17.3 Å². The molecule has 0 bridgehead atoms. The van der Waals surface area contributed by atoms with Gasteiger partial charge in [-0.2, -0.15) is 0 Å². The zero-order valence-corrected chi connectivity index (χ0v) is 18.5. The highest BCUT2D eigenvalue weighted by atomic mass is 79.9. The summed E-state index contributed by atoms with van der Waals surface area (Å²) >= 11 is 3.31. The molecule has 9 heteroatoms. The van der Waals surface area contributed by atoms with E-state index in [1.54, 1.807) is 24.3 Å². The first-order chi connectivity index (χ1) is 13.8. The van der Waals surface area contributed by atoms with Crippen LogP contribution in [-0.4, -0.2) is 40.2 Å². The topological polar surface area (TPSA) is 93.7 Å². The molecule has 3 rings (SSSR count). The maximum atomic E-state index is 12.9. The van der Waals surface area contributed by atoms with Crippen molar-refractivity contribution in [3.05, 3.63) is 52.5 Å². The van der Waals surface area contributed by atoms with Crippen molar-refractivity contribution in [2.24, 2.45) is 0 Å². The van der Waals surface area contributed by atoms with E-state index in [0.29, 0.717) is 12.3 Å². The van der Waals surface area contributed by atoms with Crippen molar-refractivity contribution in [2.75, 3.05) is 18.4 Å². The number of nitrogens with one attached hydrogen (secondary N) is 2. The Balaban J connectivity index is 1.83. The molecule has 0 aromatic heterocycles. The van der Waals surface area contributed by atoms with Crippen molar-refractivity contribution in [3.8, 4) is 5.75 Å². The van der Waals surface area contributed by atoms with Gasteiger partial charge in [0.1, 0.15) is 10.6 Å². The van der Waals surface area contributed by atoms with E-state index in [1.165, 1.54) is 25.3 Å². The minimum absolute atomic E-state index is 0.0283. The summed E-state index contributed by atoms with van der Waals surface area (Å²) in [5, 5.41) is 2.88. The van der Waals surface area contributed by atoms with Crippen molar-refractivity contribution in [1.82, 2.24) is 5.32 Å². The third-order valence-corrected chi connectivity index (χ3v) is 6.62. The molecule has 0 radical (unpaired) electrons. The number of anilines is 1. The maximum absolute atomic E-state index is 12.9. The number of hydrogen-bond acceptors (Lipinski definition) is 5. The van der Waals surface area contributed by atoms with Gasteiger partial charge in [0.25, 0.3) is 15.9 Å². The number of sulfonamides is 1. The SMILES string of the molecule is COc1ccc(C(=O)N[C@H](C)[C@H]2CCCO2)cc1S(=O)(=O)Nc1ccc(Br)cc1. The molecular weight excluding hydrogens is 460 g/mol. The lowest BCUT2D eigenvalue weighted by atomic mass is 10.1. The molecule has 0 aliphatic carbocycles. The molecule has 2 N–H and O–H groups in total. The molecule has 1 aliphatic rings. The summed E-state index contributed by atoms with van der Waals surface area (Å²) in [5.74, 6) is -0.214. The van der Waals surface area contributed by atoms with Gasteiger partial charge in [-0.3, -0.25) is 9.52 Å². The molecular formula is C20H23BrN2O5S. The third-order valence-electron chi connectivity index (χ3n) is 4.69. The molecule has 2 atom stereocenters. The molecule has 7 nitrogen and oxygen atoms in total. The van der Waals surface area contributed by atoms with Crippen LogP contribution < -0.4 is 14.8 Å². The second-order valence-corrected chi connectivity index (χ2v) is 9.36. The first-order valence-electron chi connectivity index (χ1n) is 9.19. The van der Waals surface area contributed by atoms with Crippen molar-refractivity contribution in [1.29, 1.82) is 0 Å². The van der Waals surface area contributed by atoms with Crippen molar-refractivity contribution >= 4 is 37.5 Å². The zero-order chi connectivity index (χ0) is 21.0. The van der Waals surface area contributed by atoms with E-state index >= 15 is 0 Å². The highest BCUT2D eigenvalue weighted by molar-refractivity contribution is 9.10. The molecule has 1 saturated heterocycles. The molecule has 0 unspecified atom stereocenters. The van der Waals surface area contributed by atoms with E-state index in [4.69, 9.17) is 9.47 Å². The molecule has 2 aromatic carbocycles. The molecule has 0 spiro atoms. The first kappa shape index (κ1) is 21.6. The number of benzene rings is 2. The number of amides is 1. The van der Waals surface area contributed by atoms with Gasteiger partial charge in [-0.25, -0.2) is 8.42 Å². The Kier molecular flexibility index (Phi) is 6.81. The molecule has 1 amide bonds. The number of carbonyl (C=O) groups excluding carboxylic acids is 1. The highest BCUT2D eigenvalue weighted by Crippen LogP contribution is 2.28. The quantitative estimate of drug-likeness (QED) is 0.629. The van der Waals surface area contributed by atoms with Crippen LogP contribution in [0.25, 0.3) is 0 Å². The predicted molar refractivity (Wildman–Crippen MR) is 114 cm³/mol. The number of rotatable bonds is 7. The van der Waals surface area contributed by atoms with Crippen LogP contribution in [0.2, 0.25) is 0 Å². The van der Waals surface area contributed by atoms with Gasteiger partial charge in [-0.05, 0) is 62.2 Å². The second kappa shape index (κ2) is 9.15. The van der Waals surface area contributed by atoms with Gasteiger partial charge >= 0.3 is 0 Å². The minimum atomic E-state index is -3.96. The Labute approximate surface area is 179 Å². The van der Waals surface area contributed by atoms with Gasteiger partial charge < -0.3 is 14.8 Å². The monoisotopic (exact) mass is 482 g/mol. The van der Waals surface area contributed by atoms with Gasteiger partial charge in [0, 0.05) is 22.3 Å². The fourth-order valence-electron chi connectivity index (χ4n) is 3.14. The summed E-state index contributed by atoms with van der Waals surface area (Å²) < 4.78 is 40.0. The van der Waals surface area contributed by atoms with Gasteiger partial charge in [0.05, 0.1) is 19.3 Å². The molecule has 0 saturated carbocycles. The number of carbonyl (C=O) groups is 1. The van der Waals surface area contributed by atoms with E-state index in [2.05, 4.69) is 26.0 Å². The van der Waals surface area contributed by atoms with Gasteiger partial charge in [0.2, 0.25) is 0 Å². The van der Waals surface area contributed by atoms with Crippen LogP contribution in [-0.2, 0) is 14.8 Å². The van der Waals surface area contributed by atoms with Crippen LogP contribution >= 0.6 is 15.9 Å². The molecule has 1 aliphatic heterocycles.